The summed E-state index contributed by atoms with van der Waals surface area (Å²) in [5, 5.41) is 0. The van der Waals surface area contributed by atoms with Gasteiger partial charge in [0.15, 0.2) is 0 Å². The highest BCUT2D eigenvalue weighted by atomic mass is 32.2. The van der Waals surface area contributed by atoms with Gasteiger partial charge in [-0.25, -0.2) is 12.7 Å². The molecule has 2 N–H and O–H groups in total. The van der Waals surface area contributed by atoms with E-state index in [1.807, 2.05) is 0 Å². The summed E-state index contributed by atoms with van der Waals surface area (Å²) >= 11 is 0. The lowest BCUT2D eigenvalue weighted by Crippen LogP contribution is -2.44. The first-order valence-corrected chi connectivity index (χ1v) is 6.84. The van der Waals surface area contributed by atoms with Crippen molar-refractivity contribution in [2.75, 3.05) is 18.8 Å². The zero-order valence-corrected chi connectivity index (χ0v) is 9.73. The van der Waals surface area contributed by atoms with E-state index in [9.17, 15) is 8.42 Å². The fourth-order valence-corrected chi connectivity index (χ4v) is 3.28. The van der Waals surface area contributed by atoms with Crippen LogP contribution in [0.15, 0.2) is 24.5 Å². The maximum atomic E-state index is 11.8. The minimum Gasteiger partial charge on any atom is -0.323 e. The van der Waals surface area contributed by atoms with E-state index in [4.69, 9.17) is 5.73 Å². The minimum absolute atomic E-state index is 0.0307. The van der Waals surface area contributed by atoms with Crippen LogP contribution < -0.4 is 5.73 Å². The molecule has 0 aromatic carbocycles. The van der Waals surface area contributed by atoms with Crippen LogP contribution in [0.25, 0.3) is 0 Å². The molecule has 0 saturated carbocycles. The lowest BCUT2D eigenvalue weighted by molar-refractivity contribution is 0.308. The maximum absolute atomic E-state index is 11.8. The first-order valence-electron chi connectivity index (χ1n) is 5.23. The van der Waals surface area contributed by atoms with Crippen molar-refractivity contribution >= 4 is 10.0 Å². The van der Waals surface area contributed by atoms with E-state index in [2.05, 4.69) is 4.98 Å². The Morgan fingerprint density at radius 2 is 2.00 bits per heavy atom. The average Bonchev–Trinajstić information content (AvgIpc) is 2.14. The standard InChI is InChI=1S/C10H15N3O2S/c11-10(9-2-4-12-5-3-9)8-16(14,15)13-6-1-7-13/h2-5,10H,1,6-8,11H2. The smallest absolute Gasteiger partial charge is 0.215 e. The van der Waals surface area contributed by atoms with Crippen molar-refractivity contribution in [1.82, 2.24) is 9.29 Å². The van der Waals surface area contributed by atoms with Gasteiger partial charge in [0.1, 0.15) is 0 Å². The molecule has 1 fully saturated rings. The number of rotatable bonds is 4. The molecule has 2 rings (SSSR count). The van der Waals surface area contributed by atoms with Crippen LogP contribution in [0.3, 0.4) is 0 Å². The molecule has 1 unspecified atom stereocenters. The van der Waals surface area contributed by atoms with Crippen molar-refractivity contribution in [3.63, 3.8) is 0 Å². The van der Waals surface area contributed by atoms with E-state index in [0.29, 0.717) is 13.1 Å². The Morgan fingerprint density at radius 3 is 2.50 bits per heavy atom. The number of nitrogens with two attached hydrogens (primary N) is 1. The molecular weight excluding hydrogens is 226 g/mol. The third kappa shape index (κ3) is 2.40. The van der Waals surface area contributed by atoms with Gasteiger partial charge in [-0.3, -0.25) is 4.98 Å². The molecule has 6 heteroatoms. The Balaban J connectivity index is 2.04. The number of hydrogen-bond donors (Lipinski definition) is 1. The summed E-state index contributed by atoms with van der Waals surface area (Å²) in [5.41, 5.74) is 6.67. The first kappa shape index (κ1) is 11.5. The van der Waals surface area contributed by atoms with E-state index in [1.165, 1.54) is 4.31 Å². The molecule has 1 aromatic rings. The normalized spacial score (nSPS) is 19.1. The van der Waals surface area contributed by atoms with Crippen LogP contribution in [-0.4, -0.2) is 36.5 Å². The van der Waals surface area contributed by atoms with Gasteiger partial charge < -0.3 is 5.73 Å². The Labute approximate surface area is 95.3 Å². The van der Waals surface area contributed by atoms with Gasteiger partial charge in [-0.05, 0) is 24.1 Å². The molecule has 0 aliphatic carbocycles. The number of hydrogen-bond acceptors (Lipinski definition) is 4. The second kappa shape index (κ2) is 4.48. The quantitative estimate of drug-likeness (QED) is 0.812. The van der Waals surface area contributed by atoms with E-state index in [0.717, 1.165) is 12.0 Å². The number of sulfonamides is 1. The van der Waals surface area contributed by atoms with Crippen LogP contribution in [0.5, 0.6) is 0 Å². The van der Waals surface area contributed by atoms with Crippen molar-refractivity contribution < 1.29 is 8.42 Å². The summed E-state index contributed by atoms with van der Waals surface area (Å²) < 4.78 is 25.1. The third-order valence-electron chi connectivity index (χ3n) is 2.73. The second-order valence-corrected chi connectivity index (χ2v) is 5.93. The SMILES string of the molecule is NC(CS(=O)(=O)N1CCC1)c1ccncc1. The van der Waals surface area contributed by atoms with Crippen molar-refractivity contribution in [2.45, 2.75) is 12.5 Å². The lowest BCUT2D eigenvalue weighted by atomic mass is 10.1. The highest BCUT2D eigenvalue weighted by Gasteiger charge is 2.29. The molecule has 0 radical (unpaired) electrons. The molecule has 0 spiro atoms. The largest absolute Gasteiger partial charge is 0.323 e. The molecule has 1 atom stereocenters. The average molecular weight is 241 g/mol. The van der Waals surface area contributed by atoms with Crippen LogP contribution in [0, 0.1) is 0 Å². The summed E-state index contributed by atoms with van der Waals surface area (Å²) in [7, 11) is -3.18. The first-order chi connectivity index (χ1) is 7.59. The zero-order chi connectivity index (χ0) is 11.6. The summed E-state index contributed by atoms with van der Waals surface area (Å²) in [5.74, 6) is -0.0307. The second-order valence-electron chi connectivity index (χ2n) is 3.92. The fourth-order valence-electron chi connectivity index (χ4n) is 1.60. The van der Waals surface area contributed by atoms with Gasteiger partial charge in [-0.15, -0.1) is 0 Å². The third-order valence-corrected chi connectivity index (χ3v) is 4.67. The zero-order valence-electron chi connectivity index (χ0n) is 8.91. The maximum Gasteiger partial charge on any atom is 0.215 e. The van der Waals surface area contributed by atoms with Crippen LogP contribution in [0.4, 0.5) is 0 Å². The van der Waals surface area contributed by atoms with Crippen molar-refractivity contribution in [3.8, 4) is 0 Å². The monoisotopic (exact) mass is 241 g/mol. The Kier molecular flexibility index (Phi) is 3.22. The molecule has 5 nitrogen and oxygen atoms in total. The van der Waals surface area contributed by atoms with Crippen LogP contribution in [-0.2, 0) is 10.0 Å². The number of nitrogens with zero attached hydrogens (tertiary/aromatic N) is 2. The molecule has 0 amide bonds. The Hall–Kier alpha value is -0.980. The predicted octanol–water partition coefficient (Wildman–Crippen LogP) is 0.117. The van der Waals surface area contributed by atoms with Gasteiger partial charge >= 0.3 is 0 Å². The van der Waals surface area contributed by atoms with Crippen molar-refractivity contribution in [1.29, 1.82) is 0 Å². The molecule has 0 bridgehead atoms. The van der Waals surface area contributed by atoms with E-state index in [-0.39, 0.29) is 5.75 Å². The fraction of sp³-hybridized carbons (Fsp3) is 0.500. The highest BCUT2D eigenvalue weighted by Crippen LogP contribution is 2.18. The summed E-state index contributed by atoms with van der Waals surface area (Å²) in [6.45, 7) is 1.26. The minimum atomic E-state index is -3.18. The topological polar surface area (TPSA) is 76.3 Å². The van der Waals surface area contributed by atoms with Gasteiger partial charge in [0.25, 0.3) is 0 Å². The number of pyridine rings is 1. The van der Waals surface area contributed by atoms with Gasteiger partial charge in [-0.1, -0.05) is 0 Å². The highest BCUT2D eigenvalue weighted by molar-refractivity contribution is 7.89. The van der Waals surface area contributed by atoms with E-state index < -0.39 is 16.1 Å². The van der Waals surface area contributed by atoms with Gasteiger partial charge in [0.2, 0.25) is 10.0 Å². The summed E-state index contributed by atoms with van der Waals surface area (Å²) in [4.78, 5) is 3.87. The Morgan fingerprint density at radius 1 is 1.38 bits per heavy atom. The lowest BCUT2D eigenvalue weighted by Gasteiger charge is -2.30. The molecule has 16 heavy (non-hydrogen) atoms. The molecule has 1 aliphatic heterocycles. The van der Waals surface area contributed by atoms with Crippen LogP contribution >= 0.6 is 0 Å². The van der Waals surface area contributed by atoms with Crippen LogP contribution in [0.1, 0.15) is 18.0 Å². The van der Waals surface area contributed by atoms with Crippen LogP contribution in [0.2, 0.25) is 0 Å². The van der Waals surface area contributed by atoms with Crippen molar-refractivity contribution in [2.24, 2.45) is 5.73 Å². The van der Waals surface area contributed by atoms with E-state index >= 15 is 0 Å². The molecular formula is C10H15N3O2S. The van der Waals surface area contributed by atoms with E-state index in [1.54, 1.807) is 24.5 Å². The van der Waals surface area contributed by atoms with Gasteiger partial charge in [-0.2, -0.15) is 0 Å². The molecule has 1 aromatic heterocycles. The predicted molar refractivity (Wildman–Crippen MR) is 61.1 cm³/mol. The Bertz CT molecular complexity index is 442. The van der Waals surface area contributed by atoms with Gasteiger partial charge in [0, 0.05) is 31.5 Å². The summed E-state index contributed by atoms with van der Waals surface area (Å²) in [6.07, 6.45) is 4.18. The number of aromatic nitrogens is 1. The molecule has 88 valence electrons. The molecule has 1 saturated heterocycles. The molecule has 1 aliphatic rings. The van der Waals surface area contributed by atoms with Gasteiger partial charge in [0.05, 0.1) is 5.75 Å². The van der Waals surface area contributed by atoms with Crippen molar-refractivity contribution in [3.05, 3.63) is 30.1 Å². The molecule has 2 heterocycles. The summed E-state index contributed by atoms with van der Waals surface area (Å²) in [6, 6.07) is 3.01.